The van der Waals surface area contributed by atoms with Gasteiger partial charge in [-0.1, -0.05) is 0 Å². The third-order valence-electron chi connectivity index (χ3n) is 2.94. The fourth-order valence-corrected chi connectivity index (χ4v) is 2.32. The van der Waals surface area contributed by atoms with Crippen LogP contribution < -0.4 is 5.32 Å². The molecule has 6 nitrogen and oxygen atoms in total. The molecule has 1 aliphatic heterocycles. The Morgan fingerprint density at radius 1 is 1.68 bits per heavy atom. The van der Waals surface area contributed by atoms with Gasteiger partial charge in [0.1, 0.15) is 12.5 Å². The SMILES string of the molecule is COCNC(=O)c1ccc(C2CCOC(O)(S)C2)o1. The van der Waals surface area contributed by atoms with E-state index in [0.29, 0.717) is 18.8 Å². The molecule has 1 saturated heterocycles. The summed E-state index contributed by atoms with van der Waals surface area (Å²) in [5, 5.41) is 10.8. The van der Waals surface area contributed by atoms with E-state index in [4.69, 9.17) is 13.9 Å². The van der Waals surface area contributed by atoms with Crippen molar-refractivity contribution < 1.29 is 23.8 Å². The maximum Gasteiger partial charge on any atom is 0.288 e. The molecule has 0 spiro atoms. The minimum absolute atomic E-state index is 0.0137. The van der Waals surface area contributed by atoms with Crippen molar-refractivity contribution >= 4 is 18.5 Å². The highest BCUT2D eigenvalue weighted by molar-refractivity contribution is 7.81. The van der Waals surface area contributed by atoms with Crippen LogP contribution in [0.3, 0.4) is 0 Å². The summed E-state index contributed by atoms with van der Waals surface area (Å²) in [6.07, 6.45) is 1.04. The molecule has 2 N–H and O–H groups in total. The van der Waals surface area contributed by atoms with Crippen LogP contribution in [-0.4, -0.2) is 36.6 Å². The fraction of sp³-hybridized carbons (Fsp3) is 0.583. The molecule has 0 bridgehead atoms. The summed E-state index contributed by atoms with van der Waals surface area (Å²) in [7, 11) is 1.49. The van der Waals surface area contributed by atoms with Crippen LogP contribution in [-0.2, 0) is 9.47 Å². The number of aliphatic hydroxyl groups is 1. The smallest absolute Gasteiger partial charge is 0.288 e. The van der Waals surface area contributed by atoms with Gasteiger partial charge in [-0.05, 0) is 18.6 Å². The zero-order chi connectivity index (χ0) is 13.9. The van der Waals surface area contributed by atoms with E-state index >= 15 is 0 Å². The number of thiol groups is 1. The van der Waals surface area contributed by atoms with Crippen LogP contribution in [0.5, 0.6) is 0 Å². The lowest BCUT2D eigenvalue weighted by Gasteiger charge is -2.31. The standard InChI is InChI=1S/C12H17NO5S/c1-16-7-13-11(14)10-3-2-9(18-10)8-4-5-17-12(15,19)6-8/h2-3,8,15,19H,4-7H2,1H3,(H,13,14). The van der Waals surface area contributed by atoms with Crippen LogP contribution in [0.2, 0.25) is 0 Å². The second-order valence-electron chi connectivity index (χ2n) is 4.42. The molecular formula is C12H17NO5S. The van der Waals surface area contributed by atoms with Gasteiger partial charge in [0.25, 0.3) is 5.91 Å². The van der Waals surface area contributed by atoms with Crippen molar-refractivity contribution in [2.75, 3.05) is 20.4 Å². The number of rotatable bonds is 4. The molecule has 0 aromatic carbocycles. The summed E-state index contributed by atoms with van der Waals surface area (Å²) >= 11 is 4.02. The fourth-order valence-electron chi connectivity index (χ4n) is 2.01. The van der Waals surface area contributed by atoms with Gasteiger partial charge < -0.3 is 24.3 Å². The monoisotopic (exact) mass is 287 g/mol. The Bertz CT molecular complexity index is 445. The topological polar surface area (TPSA) is 80.9 Å². The average Bonchev–Trinajstić information content (AvgIpc) is 2.84. The molecule has 1 aromatic heterocycles. The van der Waals surface area contributed by atoms with Gasteiger partial charge in [0, 0.05) is 19.4 Å². The van der Waals surface area contributed by atoms with Gasteiger partial charge in [-0.15, -0.1) is 12.6 Å². The third kappa shape index (κ3) is 3.73. The van der Waals surface area contributed by atoms with E-state index in [9.17, 15) is 9.90 Å². The van der Waals surface area contributed by atoms with Gasteiger partial charge in [0.05, 0.1) is 6.61 Å². The Balaban J connectivity index is 2.02. The van der Waals surface area contributed by atoms with Gasteiger partial charge in [0.15, 0.2) is 5.76 Å². The molecule has 1 aliphatic rings. The van der Waals surface area contributed by atoms with E-state index < -0.39 is 5.12 Å². The Morgan fingerprint density at radius 2 is 2.47 bits per heavy atom. The maximum atomic E-state index is 11.7. The van der Waals surface area contributed by atoms with Crippen LogP contribution in [0, 0.1) is 0 Å². The molecule has 0 aliphatic carbocycles. The molecule has 7 heteroatoms. The number of ether oxygens (including phenoxy) is 2. The first-order valence-electron chi connectivity index (χ1n) is 5.97. The van der Waals surface area contributed by atoms with Gasteiger partial charge in [-0.3, -0.25) is 4.79 Å². The lowest BCUT2D eigenvalue weighted by atomic mass is 9.96. The van der Waals surface area contributed by atoms with E-state index in [1.807, 2.05) is 0 Å². The zero-order valence-electron chi connectivity index (χ0n) is 10.6. The molecule has 2 heterocycles. The summed E-state index contributed by atoms with van der Waals surface area (Å²) in [6.45, 7) is 0.527. The number of carbonyl (C=O) groups excluding carboxylic acids is 1. The number of hydrogen-bond acceptors (Lipinski definition) is 6. The number of hydrogen-bond donors (Lipinski definition) is 3. The van der Waals surface area contributed by atoms with Crippen molar-refractivity contribution in [1.29, 1.82) is 0 Å². The van der Waals surface area contributed by atoms with Crippen LogP contribution in [0.25, 0.3) is 0 Å². The highest BCUT2D eigenvalue weighted by atomic mass is 32.1. The Kier molecular flexibility index (Phi) is 4.51. The van der Waals surface area contributed by atoms with Crippen molar-refractivity contribution in [2.24, 2.45) is 0 Å². The first-order valence-corrected chi connectivity index (χ1v) is 6.42. The number of methoxy groups -OCH3 is 1. The molecule has 0 saturated carbocycles. The minimum Gasteiger partial charge on any atom is -0.456 e. The number of furan rings is 1. The summed E-state index contributed by atoms with van der Waals surface area (Å²) in [4.78, 5) is 11.7. The summed E-state index contributed by atoms with van der Waals surface area (Å²) in [5.41, 5.74) is 0. The van der Waals surface area contributed by atoms with E-state index in [-0.39, 0.29) is 24.3 Å². The molecule has 19 heavy (non-hydrogen) atoms. The maximum absolute atomic E-state index is 11.7. The molecule has 2 unspecified atom stereocenters. The predicted octanol–water partition coefficient (Wildman–Crippen LogP) is 1.08. The Morgan fingerprint density at radius 3 is 3.16 bits per heavy atom. The molecule has 106 valence electrons. The van der Waals surface area contributed by atoms with Crippen molar-refractivity contribution in [1.82, 2.24) is 5.32 Å². The second-order valence-corrected chi connectivity index (χ2v) is 5.12. The summed E-state index contributed by atoms with van der Waals surface area (Å²) < 4.78 is 15.4. The molecule has 0 radical (unpaired) electrons. The Hall–Kier alpha value is -1.02. The summed E-state index contributed by atoms with van der Waals surface area (Å²) in [5.74, 6) is 0.529. The van der Waals surface area contributed by atoms with E-state index in [2.05, 4.69) is 17.9 Å². The number of amides is 1. The normalized spacial score (nSPS) is 27.2. The first kappa shape index (κ1) is 14.4. The molecule has 1 fully saturated rings. The largest absolute Gasteiger partial charge is 0.456 e. The zero-order valence-corrected chi connectivity index (χ0v) is 11.5. The van der Waals surface area contributed by atoms with Crippen LogP contribution in [0.1, 0.15) is 35.1 Å². The molecule has 1 amide bonds. The van der Waals surface area contributed by atoms with Gasteiger partial charge >= 0.3 is 0 Å². The minimum atomic E-state index is -1.44. The molecule has 1 aromatic rings. The van der Waals surface area contributed by atoms with Crippen molar-refractivity contribution in [3.8, 4) is 0 Å². The lowest BCUT2D eigenvalue weighted by Crippen LogP contribution is -2.33. The first-order chi connectivity index (χ1) is 9.02. The number of carbonyl (C=O) groups is 1. The van der Waals surface area contributed by atoms with Gasteiger partial charge in [-0.25, -0.2) is 0 Å². The number of nitrogens with one attached hydrogen (secondary N) is 1. The lowest BCUT2D eigenvalue weighted by molar-refractivity contribution is -0.158. The molecule has 2 rings (SSSR count). The van der Waals surface area contributed by atoms with E-state index in [0.717, 1.165) is 6.42 Å². The highest BCUT2D eigenvalue weighted by Crippen LogP contribution is 2.37. The van der Waals surface area contributed by atoms with Crippen molar-refractivity contribution in [2.45, 2.75) is 23.9 Å². The summed E-state index contributed by atoms with van der Waals surface area (Å²) in [6, 6.07) is 3.34. The predicted molar refractivity (Wildman–Crippen MR) is 69.9 cm³/mol. The third-order valence-corrected chi connectivity index (χ3v) is 3.25. The van der Waals surface area contributed by atoms with Gasteiger partial charge in [0.2, 0.25) is 5.12 Å². The van der Waals surface area contributed by atoms with Gasteiger partial charge in [-0.2, -0.15) is 0 Å². The van der Waals surface area contributed by atoms with Crippen molar-refractivity contribution in [3.05, 3.63) is 23.7 Å². The quantitative estimate of drug-likeness (QED) is 0.570. The van der Waals surface area contributed by atoms with Crippen LogP contribution >= 0.6 is 12.6 Å². The van der Waals surface area contributed by atoms with Crippen LogP contribution in [0.15, 0.2) is 16.5 Å². The second kappa shape index (κ2) is 5.96. The Labute approximate surface area is 116 Å². The van der Waals surface area contributed by atoms with E-state index in [1.165, 1.54) is 7.11 Å². The average molecular weight is 287 g/mol. The van der Waals surface area contributed by atoms with E-state index in [1.54, 1.807) is 12.1 Å². The van der Waals surface area contributed by atoms with Crippen molar-refractivity contribution in [3.63, 3.8) is 0 Å². The highest BCUT2D eigenvalue weighted by Gasteiger charge is 2.34. The molecular weight excluding hydrogens is 270 g/mol. The van der Waals surface area contributed by atoms with Crippen LogP contribution in [0.4, 0.5) is 0 Å². The molecule has 2 atom stereocenters.